The number of allylic oxidation sites excluding steroid dienone is 2. The van der Waals surface area contributed by atoms with Crippen LogP contribution in [0.5, 0.6) is 0 Å². The van der Waals surface area contributed by atoms with Crippen molar-refractivity contribution in [2.45, 2.75) is 5.66 Å². The summed E-state index contributed by atoms with van der Waals surface area (Å²) >= 11 is 0. The Morgan fingerprint density at radius 1 is 1.43 bits per heavy atom. The zero-order valence-corrected chi connectivity index (χ0v) is 4.90. The maximum Gasteiger partial charge on any atom is 0.167 e. The fourth-order valence-corrected chi connectivity index (χ4v) is 0.354. The van der Waals surface area contributed by atoms with Gasteiger partial charge in [-0.3, -0.25) is 4.57 Å². The third kappa shape index (κ3) is 2.30. The first-order valence-corrected chi connectivity index (χ1v) is 2.81. The number of rotatable bonds is 3. The van der Waals surface area contributed by atoms with Crippen LogP contribution in [0.15, 0.2) is 25.3 Å². The molecule has 38 valence electrons. The predicted octanol–water partition coefficient (Wildman–Crippen LogP) is 2.02. The van der Waals surface area contributed by atoms with Crippen molar-refractivity contribution >= 4 is 8.46 Å². The Bertz CT molecular complexity index is 69.1. The topological polar surface area (TPSA) is 17.1 Å². The van der Waals surface area contributed by atoms with E-state index in [4.69, 9.17) is 0 Å². The SMILES string of the molecule is C=CC(C=C)P=O. The highest BCUT2D eigenvalue weighted by Crippen LogP contribution is 2.06. The van der Waals surface area contributed by atoms with Gasteiger partial charge in [0.2, 0.25) is 0 Å². The summed E-state index contributed by atoms with van der Waals surface area (Å²) in [5.74, 6) is 0. The Morgan fingerprint density at radius 2 is 1.86 bits per heavy atom. The summed E-state index contributed by atoms with van der Waals surface area (Å²) in [6.45, 7) is 6.85. The molecule has 0 atom stereocenters. The molecule has 0 bridgehead atoms. The number of hydrogen-bond donors (Lipinski definition) is 0. The van der Waals surface area contributed by atoms with Crippen molar-refractivity contribution in [1.29, 1.82) is 0 Å². The van der Waals surface area contributed by atoms with Gasteiger partial charge in [-0.2, -0.15) is 0 Å². The lowest BCUT2D eigenvalue weighted by atomic mass is 10.4. The summed E-state index contributed by atoms with van der Waals surface area (Å²) < 4.78 is 9.92. The molecule has 0 unspecified atom stereocenters. The summed E-state index contributed by atoms with van der Waals surface area (Å²) in [5, 5.41) is 0. The van der Waals surface area contributed by atoms with Crippen molar-refractivity contribution in [3.05, 3.63) is 25.3 Å². The van der Waals surface area contributed by atoms with Crippen LogP contribution in [0.25, 0.3) is 0 Å². The maximum absolute atomic E-state index is 9.92. The van der Waals surface area contributed by atoms with Crippen molar-refractivity contribution in [3.8, 4) is 0 Å². The molecule has 1 nitrogen and oxygen atoms in total. The van der Waals surface area contributed by atoms with Crippen LogP contribution in [0, 0.1) is 0 Å². The van der Waals surface area contributed by atoms with Gasteiger partial charge < -0.3 is 0 Å². The second-order valence-corrected chi connectivity index (χ2v) is 1.87. The minimum Gasteiger partial charge on any atom is -0.274 e. The molecule has 0 radical (unpaired) electrons. The molecule has 7 heavy (non-hydrogen) atoms. The summed E-state index contributed by atoms with van der Waals surface area (Å²) in [4.78, 5) is 0. The van der Waals surface area contributed by atoms with Gasteiger partial charge in [0.15, 0.2) is 8.46 Å². The molecule has 0 amide bonds. The first-order chi connectivity index (χ1) is 3.35. The molecule has 0 spiro atoms. The van der Waals surface area contributed by atoms with E-state index in [9.17, 15) is 4.57 Å². The molecular weight excluding hydrogens is 107 g/mol. The van der Waals surface area contributed by atoms with Gasteiger partial charge in [-0.15, -0.1) is 13.2 Å². The molecular formula is C5H7OP. The third-order valence-electron chi connectivity index (χ3n) is 0.605. The Kier molecular flexibility index (Phi) is 3.53. The maximum atomic E-state index is 9.92. The minimum atomic E-state index is -0.0694. The molecule has 2 heteroatoms. The second kappa shape index (κ2) is 3.76. The fraction of sp³-hybridized carbons (Fsp3) is 0.200. The van der Waals surface area contributed by atoms with Crippen molar-refractivity contribution in [2.24, 2.45) is 0 Å². The predicted molar refractivity (Wildman–Crippen MR) is 31.8 cm³/mol. The van der Waals surface area contributed by atoms with E-state index in [1.165, 1.54) is 0 Å². The fourth-order valence-electron chi connectivity index (χ4n) is 0.182. The van der Waals surface area contributed by atoms with Crippen LogP contribution in [0.1, 0.15) is 0 Å². The van der Waals surface area contributed by atoms with Gasteiger partial charge >= 0.3 is 0 Å². The molecule has 0 aromatic carbocycles. The Labute approximate surface area is 44.9 Å². The van der Waals surface area contributed by atoms with Crippen molar-refractivity contribution in [3.63, 3.8) is 0 Å². The van der Waals surface area contributed by atoms with Crippen molar-refractivity contribution in [1.82, 2.24) is 0 Å². The first kappa shape index (κ1) is 6.58. The molecule has 0 saturated heterocycles. The molecule has 0 aliphatic rings. The Hall–Kier alpha value is -0.420. The van der Waals surface area contributed by atoms with E-state index in [0.29, 0.717) is 0 Å². The van der Waals surface area contributed by atoms with Crippen LogP contribution in [0.3, 0.4) is 0 Å². The van der Waals surface area contributed by atoms with Crippen LogP contribution < -0.4 is 0 Å². The van der Waals surface area contributed by atoms with Gasteiger partial charge in [-0.1, -0.05) is 12.2 Å². The summed E-state index contributed by atoms with van der Waals surface area (Å²) in [7, 11) is 0.0733. The zero-order valence-electron chi connectivity index (χ0n) is 4.00. The Balaban J connectivity index is 3.57. The lowest BCUT2D eigenvalue weighted by Crippen LogP contribution is -1.80. The molecule has 0 heterocycles. The van der Waals surface area contributed by atoms with Gasteiger partial charge in [-0.05, 0) is 0 Å². The van der Waals surface area contributed by atoms with E-state index in [1.807, 2.05) is 0 Å². The lowest BCUT2D eigenvalue weighted by molar-refractivity contribution is 0.597. The summed E-state index contributed by atoms with van der Waals surface area (Å²) in [5.41, 5.74) is -0.0694. The van der Waals surface area contributed by atoms with Crippen molar-refractivity contribution < 1.29 is 4.57 Å². The average Bonchev–Trinajstić information content (AvgIpc) is 1.72. The molecule has 0 N–H and O–H groups in total. The van der Waals surface area contributed by atoms with E-state index < -0.39 is 0 Å². The summed E-state index contributed by atoms with van der Waals surface area (Å²) in [6.07, 6.45) is 3.17. The van der Waals surface area contributed by atoms with E-state index >= 15 is 0 Å². The zero-order chi connectivity index (χ0) is 5.70. The highest BCUT2D eigenvalue weighted by molar-refractivity contribution is 7.25. The van der Waals surface area contributed by atoms with E-state index in [0.717, 1.165) is 0 Å². The van der Waals surface area contributed by atoms with Crippen LogP contribution in [-0.4, -0.2) is 5.66 Å². The molecule has 0 aromatic rings. The minimum absolute atomic E-state index is 0.0694. The van der Waals surface area contributed by atoms with Crippen LogP contribution >= 0.6 is 8.46 Å². The number of hydrogen-bond acceptors (Lipinski definition) is 1. The molecule has 0 saturated carbocycles. The van der Waals surface area contributed by atoms with Crippen LogP contribution in [0.2, 0.25) is 0 Å². The molecule has 0 fully saturated rings. The molecule has 0 aliphatic carbocycles. The van der Waals surface area contributed by atoms with Gasteiger partial charge in [0.1, 0.15) is 0 Å². The van der Waals surface area contributed by atoms with Gasteiger partial charge in [-0.25, -0.2) is 0 Å². The van der Waals surface area contributed by atoms with Gasteiger partial charge in [0.05, 0.1) is 5.66 Å². The monoisotopic (exact) mass is 114 g/mol. The standard InChI is InChI=1S/C5H7OP/c1-3-5(4-2)7-6/h3-5H,1-2H2. The van der Waals surface area contributed by atoms with Crippen molar-refractivity contribution in [2.75, 3.05) is 0 Å². The summed E-state index contributed by atoms with van der Waals surface area (Å²) in [6, 6.07) is 0. The molecule has 0 rings (SSSR count). The molecule has 0 aromatic heterocycles. The highest BCUT2D eigenvalue weighted by Gasteiger charge is 1.90. The van der Waals surface area contributed by atoms with E-state index in [-0.39, 0.29) is 14.1 Å². The average molecular weight is 114 g/mol. The molecule has 0 aliphatic heterocycles. The Morgan fingerprint density at radius 3 is 1.86 bits per heavy atom. The van der Waals surface area contributed by atoms with Gasteiger partial charge in [0.25, 0.3) is 0 Å². The highest BCUT2D eigenvalue weighted by atomic mass is 31.1. The van der Waals surface area contributed by atoms with Crippen LogP contribution in [-0.2, 0) is 4.57 Å². The normalized spacial score (nSPS) is 9.29. The van der Waals surface area contributed by atoms with Crippen LogP contribution in [0.4, 0.5) is 0 Å². The smallest absolute Gasteiger partial charge is 0.167 e. The van der Waals surface area contributed by atoms with E-state index in [1.54, 1.807) is 12.2 Å². The lowest BCUT2D eigenvalue weighted by Gasteiger charge is -1.85. The second-order valence-electron chi connectivity index (χ2n) is 1.07. The van der Waals surface area contributed by atoms with E-state index in [2.05, 4.69) is 13.2 Å². The first-order valence-electron chi connectivity index (χ1n) is 1.92. The third-order valence-corrected chi connectivity index (χ3v) is 1.27. The quantitative estimate of drug-likeness (QED) is 0.405. The largest absolute Gasteiger partial charge is 0.274 e. The van der Waals surface area contributed by atoms with Gasteiger partial charge in [0, 0.05) is 0 Å².